The van der Waals surface area contributed by atoms with E-state index < -0.39 is 10.0 Å². The van der Waals surface area contributed by atoms with Crippen LogP contribution in [0.2, 0.25) is 0 Å². The Morgan fingerprint density at radius 2 is 1.68 bits per heavy atom. The number of piperidine rings is 1. The highest BCUT2D eigenvalue weighted by Gasteiger charge is 2.47. The van der Waals surface area contributed by atoms with Crippen LogP contribution in [0.5, 0.6) is 0 Å². The predicted octanol–water partition coefficient (Wildman–Crippen LogP) is 1.21. The number of aliphatic hydroxyl groups excluding tert-OH is 1. The number of unbranched alkanes of at least 4 members (excludes halogenated alkanes) is 1. The molecule has 1 unspecified atom stereocenters. The Labute approximate surface area is 200 Å². The lowest BCUT2D eigenvalue weighted by atomic mass is 9.76. The number of nitrogens with zero attached hydrogens (tertiary/aromatic N) is 4. The van der Waals surface area contributed by atoms with Crippen molar-refractivity contribution in [1.29, 1.82) is 0 Å². The third kappa shape index (κ3) is 4.50. The van der Waals surface area contributed by atoms with Gasteiger partial charge in [-0.3, -0.25) is 19.4 Å². The normalized spacial score (nSPS) is 26.3. The van der Waals surface area contributed by atoms with Gasteiger partial charge in [-0.1, -0.05) is 12.1 Å². The zero-order chi connectivity index (χ0) is 23.9. The first-order valence-electron chi connectivity index (χ1n) is 12.2. The molecule has 1 atom stereocenters. The molecule has 3 fully saturated rings. The highest BCUT2D eigenvalue weighted by atomic mass is 32.2. The van der Waals surface area contributed by atoms with Gasteiger partial charge in [0.15, 0.2) is 5.84 Å². The molecule has 3 heterocycles. The highest BCUT2D eigenvalue weighted by Crippen LogP contribution is 2.47. The summed E-state index contributed by atoms with van der Waals surface area (Å²) in [6.45, 7) is 4.38. The first-order chi connectivity index (χ1) is 16.3. The molecular weight excluding hydrogens is 456 g/mol. The molecule has 5 rings (SSSR count). The number of amidine groups is 1. The van der Waals surface area contributed by atoms with Crippen LogP contribution in [0.1, 0.15) is 50.5 Å². The largest absolute Gasteiger partial charge is 0.393 e. The summed E-state index contributed by atoms with van der Waals surface area (Å²) in [6.07, 6.45) is 4.03. The number of sulfonamides is 1. The molecule has 0 bridgehead atoms. The first-order valence-corrected chi connectivity index (χ1v) is 13.6. The molecule has 1 N–H and O–H groups in total. The summed E-state index contributed by atoms with van der Waals surface area (Å²) in [6, 6.07) is 6.96. The SMILES string of the molecule is O=C1CC2(CCC(O)C2)CC(=O)N1CCCCN1CCN(C2=NS(=O)(=O)c3ccccc32)CC1. The molecule has 2 saturated heterocycles. The number of aliphatic hydroxyl groups is 1. The first kappa shape index (κ1) is 23.4. The van der Waals surface area contributed by atoms with Gasteiger partial charge in [0.05, 0.1) is 6.10 Å². The Kier molecular flexibility index (Phi) is 6.24. The minimum atomic E-state index is -3.60. The number of rotatable bonds is 5. The molecule has 1 aliphatic carbocycles. The smallest absolute Gasteiger partial charge is 0.285 e. The van der Waals surface area contributed by atoms with Gasteiger partial charge in [-0.2, -0.15) is 8.42 Å². The molecule has 1 aromatic carbocycles. The van der Waals surface area contributed by atoms with Gasteiger partial charge >= 0.3 is 0 Å². The maximum absolute atomic E-state index is 12.6. The second-order valence-electron chi connectivity index (χ2n) is 10.1. The molecule has 1 spiro atoms. The molecule has 10 heteroatoms. The average Bonchev–Trinajstić information content (AvgIpc) is 3.29. The van der Waals surface area contributed by atoms with E-state index in [1.807, 2.05) is 17.0 Å². The zero-order valence-corrected chi connectivity index (χ0v) is 20.2. The Hall–Kier alpha value is -2.30. The lowest BCUT2D eigenvalue weighted by Crippen LogP contribution is -2.49. The van der Waals surface area contributed by atoms with Gasteiger partial charge in [0.1, 0.15) is 4.90 Å². The fraction of sp³-hybridized carbons (Fsp3) is 0.625. The number of fused-ring (bicyclic) bond motifs is 1. The van der Waals surface area contributed by atoms with Gasteiger partial charge in [0, 0.05) is 51.1 Å². The second-order valence-corrected chi connectivity index (χ2v) is 11.7. The molecule has 1 aromatic rings. The van der Waals surface area contributed by atoms with Crippen molar-refractivity contribution in [3.8, 4) is 0 Å². The molecule has 1 saturated carbocycles. The number of imide groups is 1. The number of likely N-dealkylation sites (tertiary alicyclic amines) is 1. The fourth-order valence-electron chi connectivity index (χ4n) is 5.89. The zero-order valence-electron chi connectivity index (χ0n) is 19.4. The molecule has 0 aromatic heterocycles. The van der Waals surface area contributed by atoms with Gasteiger partial charge in [-0.15, -0.1) is 4.40 Å². The van der Waals surface area contributed by atoms with Crippen molar-refractivity contribution in [2.45, 2.75) is 55.9 Å². The number of hydrogen-bond acceptors (Lipinski definition) is 7. The number of carbonyl (C=O) groups is 2. The topological polar surface area (TPSA) is 111 Å². The summed E-state index contributed by atoms with van der Waals surface area (Å²) >= 11 is 0. The van der Waals surface area contributed by atoms with E-state index in [9.17, 15) is 23.1 Å². The van der Waals surface area contributed by atoms with Crippen molar-refractivity contribution in [2.24, 2.45) is 9.81 Å². The minimum absolute atomic E-state index is 0.0912. The van der Waals surface area contributed by atoms with Crippen LogP contribution in [0.3, 0.4) is 0 Å². The Balaban J connectivity index is 1.06. The van der Waals surface area contributed by atoms with E-state index in [1.165, 1.54) is 4.90 Å². The van der Waals surface area contributed by atoms with E-state index in [1.54, 1.807) is 12.1 Å². The Bertz CT molecular complexity index is 1090. The monoisotopic (exact) mass is 488 g/mol. The maximum atomic E-state index is 12.6. The van der Waals surface area contributed by atoms with Crippen molar-refractivity contribution in [3.05, 3.63) is 29.8 Å². The summed E-state index contributed by atoms with van der Waals surface area (Å²) in [5, 5.41) is 9.85. The van der Waals surface area contributed by atoms with E-state index >= 15 is 0 Å². The van der Waals surface area contributed by atoms with Gasteiger partial charge in [0.25, 0.3) is 10.0 Å². The maximum Gasteiger partial charge on any atom is 0.285 e. The van der Waals surface area contributed by atoms with Gasteiger partial charge < -0.3 is 10.0 Å². The van der Waals surface area contributed by atoms with Crippen molar-refractivity contribution in [3.63, 3.8) is 0 Å². The van der Waals surface area contributed by atoms with E-state index in [0.717, 1.165) is 38.9 Å². The fourth-order valence-corrected chi connectivity index (χ4v) is 7.11. The lowest BCUT2D eigenvalue weighted by molar-refractivity contribution is -0.153. The van der Waals surface area contributed by atoms with Crippen molar-refractivity contribution in [1.82, 2.24) is 14.7 Å². The summed E-state index contributed by atoms with van der Waals surface area (Å²) in [7, 11) is -3.60. The number of hydrogen-bond donors (Lipinski definition) is 1. The highest BCUT2D eigenvalue weighted by molar-refractivity contribution is 7.90. The van der Waals surface area contributed by atoms with Crippen LogP contribution in [-0.2, 0) is 19.6 Å². The van der Waals surface area contributed by atoms with Crippen LogP contribution in [0.15, 0.2) is 33.6 Å². The van der Waals surface area contributed by atoms with Gasteiger partial charge in [-0.25, -0.2) is 0 Å². The standard InChI is InChI=1S/C24H32N4O5S/c29-18-7-8-24(15-18)16-21(30)28(22(31)17-24)10-4-3-9-26-11-13-27(14-12-26)23-19-5-1-2-6-20(19)34(32,33)25-23/h1-2,5-6,18,29H,3-4,7-17H2. The molecule has 0 radical (unpaired) electrons. The van der Waals surface area contributed by atoms with Crippen LogP contribution < -0.4 is 0 Å². The van der Waals surface area contributed by atoms with Crippen LogP contribution in [0, 0.1) is 5.41 Å². The second kappa shape index (κ2) is 9.05. The van der Waals surface area contributed by atoms with Crippen LogP contribution in [0.4, 0.5) is 0 Å². The van der Waals surface area contributed by atoms with Gasteiger partial charge in [0.2, 0.25) is 11.8 Å². The molecule has 9 nitrogen and oxygen atoms in total. The average molecular weight is 489 g/mol. The summed E-state index contributed by atoms with van der Waals surface area (Å²) in [4.78, 5) is 31.3. The molecule has 184 valence electrons. The van der Waals surface area contributed by atoms with Crippen LogP contribution in [0.25, 0.3) is 0 Å². The molecule has 34 heavy (non-hydrogen) atoms. The summed E-state index contributed by atoms with van der Waals surface area (Å²) in [5.74, 6) is 0.364. The van der Waals surface area contributed by atoms with Crippen molar-refractivity contribution in [2.75, 3.05) is 39.3 Å². The molecule has 2 amide bonds. The van der Waals surface area contributed by atoms with E-state index in [-0.39, 0.29) is 28.2 Å². The lowest BCUT2D eigenvalue weighted by Gasteiger charge is -2.37. The van der Waals surface area contributed by atoms with Crippen LogP contribution >= 0.6 is 0 Å². The predicted molar refractivity (Wildman–Crippen MR) is 126 cm³/mol. The Morgan fingerprint density at radius 3 is 2.35 bits per heavy atom. The number of piperazine rings is 1. The quantitative estimate of drug-likeness (QED) is 0.490. The van der Waals surface area contributed by atoms with E-state index in [0.29, 0.717) is 56.7 Å². The summed E-state index contributed by atoms with van der Waals surface area (Å²) < 4.78 is 28.7. The molecular formula is C24H32N4O5S. The molecule has 4 aliphatic rings. The van der Waals surface area contributed by atoms with Crippen molar-refractivity contribution >= 4 is 27.7 Å². The van der Waals surface area contributed by atoms with Crippen LogP contribution in [-0.4, -0.2) is 91.2 Å². The third-order valence-electron chi connectivity index (χ3n) is 7.72. The number of amides is 2. The number of carbonyl (C=O) groups excluding carboxylic acids is 2. The Morgan fingerprint density at radius 1 is 1.00 bits per heavy atom. The van der Waals surface area contributed by atoms with Gasteiger partial charge in [-0.05, 0) is 56.2 Å². The van der Waals surface area contributed by atoms with Crippen molar-refractivity contribution < 1.29 is 23.1 Å². The number of benzene rings is 1. The summed E-state index contributed by atoms with van der Waals surface area (Å²) in [5.41, 5.74) is 0.369. The molecule has 3 aliphatic heterocycles. The van der Waals surface area contributed by atoms with E-state index in [4.69, 9.17) is 0 Å². The minimum Gasteiger partial charge on any atom is -0.393 e. The van der Waals surface area contributed by atoms with E-state index in [2.05, 4.69) is 9.30 Å². The third-order valence-corrected chi connectivity index (χ3v) is 9.05.